The zero-order valence-electron chi connectivity index (χ0n) is 16.7. The molecule has 0 amide bonds. The number of para-hydroxylation sites is 1. The van der Waals surface area contributed by atoms with E-state index in [-0.39, 0.29) is 11.6 Å². The van der Waals surface area contributed by atoms with Gasteiger partial charge in [-0.25, -0.2) is 0 Å². The first kappa shape index (κ1) is 19.9. The Morgan fingerprint density at radius 2 is 1.73 bits per heavy atom. The number of rotatable bonds is 7. The Balaban J connectivity index is 1.89. The lowest BCUT2D eigenvalue weighted by molar-refractivity contribution is -0.123. The van der Waals surface area contributed by atoms with Crippen molar-refractivity contribution in [3.05, 3.63) is 54.7 Å². The molecule has 0 atom stereocenters. The highest BCUT2D eigenvalue weighted by Gasteiger charge is 2.26. The number of benzene rings is 2. The summed E-state index contributed by atoms with van der Waals surface area (Å²) in [6.07, 6.45) is 1.89. The zero-order chi connectivity index (χ0) is 21.3. The summed E-state index contributed by atoms with van der Waals surface area (Å²) in [6, 6.07) is 15.4. The molecule has 0 fully saturated rings. The number of hydrogen-bond donors (Lipinski definition) is 1. The van der Waals surface area contributed by atoms with Crippen LogP contribution >= 0.6 is 11.8 Å². The molecule has 0 aliphatic heterocycles. The van der Waals surface area contributed by atoms with Gasteiger partial charge in [-0.05, 0) is 44.2 Å². The molecule has 0 saturated carbocycles. The van der Waals surface area contributed by atoms with E-state index in [4.69, 9.17) is 4.74 Å². The first-order valence-electron chi connectivity index (χ1n) is 9.33. The van der Waals surface area contributed by atoms with E-state index in [9.17, 15) is 9.59 Å². The van der Waals surface area contributed by atoms with Gasteiger partial charge in [-0.3, -0.25) is 14.2 Å². The number of nitrogens with one attached hydrogen (secondary N) is 1. The lowest BCUT2D eigenvalue weighted by Gasteiger charge is -2.13. The molecule has 1 N–H and O–H groups in total. The number of carbonyl (C=O) groups excluding carboxylic acids is 2. The maximum Gasteiger partial charge on any atom is 0.197 e. The van der Waals surface area contributed by atoms with Crippen molar-refractivity contribution in [1.29, 1.82) is 0 Å². The average Bonchev–Trinajstić information content (AvgIpc) is 3.35. The van der Waals surface area contributed by atoms with Gasteiger partial charge in [0.05, 0.1) is 12.8 Å². The molecule has 0 spiro atoms. The number of nitrogens with zero attached hydrogens (tertiary/aromatic N) is 3. The average molecular weight is 420 g/mol. The van der Waals surface area contributed by atoms with E-state index in [1.807, 2.05) is 59.3 Å². The monoisotopic (exact) mass is 420 g/mol. The molecular formula is C22H20N4O3S. The molecule has 2 aromatic heterocycles. The SMILES string of the molecule is COc1ccc(-n2c(SC(C(C)=O)C(C)=O)nnc2-c2c[nH]c3ccccc23)cc1. The number of Topliss-reactive ketones (excluding diaryl/α,β-unsaturated/α-hetero) is 2. The van der Waals surface area contributed by atoms with Crippen LogP contribution in [0.25, 0.3) is 28.0 Å². The minimum absolute atomic E-state index is 0.217. The van der Waals surface area contributed by atoms with Crippen LogP contribution in [0.1, 0.15) is 13.8 Å². The van der Waals surface area contributed by atoms with Crippen LogP contribution in [0, 0.1) is 0 Å². The smallest absolute Gasteiger partial charge is 0.197 e. The molecule has 0 aliphatic rings. The number of aromatic amines is 1. The van der Waals surface area contributed by atoms with Crippen molar-refractivity contribution in [2.45, 2.75) is 24.3 Å². The fraction of sp³-hybridized carbons (Fsp3) is 0.182. The fourth-order valence-corrected chi connectivity index (χ4v) is 4.23. The number of fused-ring (bicyclic) bond motifs is 1. The van der Waals surface area contributed by atoms with Crippen molar-refractivity contribution in [2.24, 2.45) is 0 Å². The van der Waals surface area contributed by atoms with Crippen LogP contribution in [0.4, 0.5) is 0 Å². The van der Waals surface area contributed by atoms with Crippen LogP contribution in [-0.2, 0) is 9.59 Å². The molecule has 30 heavy (non-hydrogen) atoms. The van der Waals surface area contributed by atoms with E-state index < -0.39 is 5.25 Å². The lowest BCUT2D eigenvalue weighted by atomic mass is 10.1. The van der Waals surface area contributed by atoms with E-state index in [0.29, 0.717) is 11.0 Å². The van der Waals surface area contributed by atoms with Gasteiger partial charge in [-0.2, -0.15) is 0 Å². The third-order valence-electron chi connectivity index (χ3n) is 4.76. The van der Waals surface area contributed by atoms with E-state index in [2.05, 4.69) is 15.2 Å². The summed E-state index contributed by atoms with van der Waals surface area (Å²) < 4.78 is 7.12. The number of ether oxygens (including phenoxy) is 1. The Labute approximate surface area is 177 Å². The number of carbonyl (C=O) groups is 2. The van der Waals surface area contributed by atoms with E-state index >= 15 is 0 Å². The van der Waals surface area contributed by atoms with Gasteiger partial charge in [0.2, 0.25) is 0 Å². The molecule has 4 aromatic rings. The summed E-state index contributed by atoms with van der Waals surface area (Å²) in [4.78, 5) is 27.3. The molecule has 2 heterocycles. The summed E-state index contributed by atoms with van der Waals surface area (Å²) in [5.74, 6) is 0.904. The van der Waals surface area contributed by atoms with Crippen LogP contribution in [0.2, 0.25) is 0 Å². The second-order valence-electron chi connectivity index (χ2n) is 6.81. The molecule has 7 nitrogen and oxygen atoms in total. The van der Waals surface area contributed by atoms with E-state index in [1.165, 1.54) is 13.8 Å². The topological polar surface area (TPSA) is 89.9 Å². The van der Waals surface area contributed by atoms with Crippen LogP contribution in [0.3, 0.4) is 0 Å². The molecule has 4 rings (SSSR count). The summed E-state index contributed by atoms with van der Waals surface area (Å²) in [5.41, 5.74) is 2.66. The minimum Gasteiger partial charge on any atom is -0.497 e. The number of ketones is 2. The Hall–Kier alpha value is -3.39. The van der Waals surface area contributed by atoms with Crippen LogP contribution in [0.5, 0.6) is 5.75 Å². The van der Waals surface area contributed by atoms with Crippen molar-refractivity contribution in [3.63, 3.8) is 0 Å². The number of hydrogen-bond acceptors (Lipinski definition) is 6. The Morgan fingerprint density at radius 3 is 2.40 bits per heavy atom. The van der Waals surface area contributed by atoms with Crippen molar-refractivity contribution in [3.8, 4) is 22.8 Å². The van der Waals surface area contributed by atoms with Crippen LogP contribution in [-0.4, -0.2) is 43.7 Å². The van der Waals surface area contributed by atoms with Crippen molar-refractivity contribution in [1.82, 2.24) is 19.7 Å². The maximum absolute atomic E-state index is 12.0. The van der Waals surface area contributed by atoms with Gasteiger partial charge in [0.15, 0.2) is 22.5 Å². The van der Waals surface area contributed by atoms with Gasteiger partial charge >= 0.3 is 0 Å². The van der Waals surface area contributed by atoms with Crippen LogP contribution in [0.15, 0.2) is 59.9 Å². The summed E-state index contributed by atoms with van der Waals surface area (Å²) in [6.45, 7) is 2.82. The van der Waals surface area contributed by atoms with Crippen molar-refractivity contribution in [2.75, 3.05) is 7.11 Å². The molecular weight excluding hydrogens is 400 g/mol. The Bertz CT molecular complexity index is 1210. The third-order valence-corrected chi connectivity index (χ3v) is 6.13. The minimum atomic E-state index is -0.831. The highest BCUT2D eigenvalue weighted by Crippen LogP contribution is 2.34. The second kappa shape index (κ2) is 8.16. The normalized spacial score (nSPS) is 11.2. The lowest BCUT2D eigenvalue weighted by Crippen LogP contribution is -2.22. The van der Waals surface area contributed by atoms with Gasteiger partial charge in [0, 0.05) is 22.7 Å². The summed E-state index contributed by atoms with van der Waals surface area (Å²) in [7, 11) is 1.61. The molecule has 0 radical (unpaired) electrons. The number of aromatic nitrogens is 4. The predicted octanol–water partition coefficient (Wildman–Crippen LogP) is 4.06. The molecule has 2 aromatic carbocycles. The highest BCUT2D eigenvalue weighted by molar-refractivity contribution is 8.01. The standard InChI is InChI=1S/C22H20N4O3S/c1-13(27)20(14(2)28)30-22-25-24-21(18-12-23-19-7-5-4-6-17(18)19)26(22)15-8-10-16(29-3)11-9-15/h4-12,20,23H,1-3H3. The molecule has 0 aliphatic carbocycles. The van der Waals surface area contributed by atoms with E-state index in [0.717, 1.165) is 39.7 Å². The van der Waals surface area contributed by atoms with Gasteiger partial charge in [0.1, 0.15) is 11.0 Å². The van der Waals surface area contributed by atoms with Gasteiger partial charge in [-0.15, -0.1) is 10.2 Å². The molecule has 0 bridgehead atoms. The van der Waals surface area contributed by atoms with Gasteiger partial charge in [-0.1, -0.05) is 30.0 Å². The van der Waals surface area contributed by atoms with Crippen LogP contribution < -0.4 is 4.74 Å². The molecule has 0 saturated heterocycles. The fourth-order valence-electron chi connectivity index (χ4n) is 3.30. The largest absolute Gasteiger partial charge is 0.497 e. The molecule has 0 unspecified atom stereocenters. The Morgan fingerprint density at radius 1 is 1.03 bits per heavy atom. The highest BCUT2D eigenvalue weighted by atomic mass is 32.2. The van der Waals surface area contributed by atoms with E-state index in [1.54, 1.807) is 7.11 Å². The first-order valence-corrected chi connectivity index (χ1v) is 10.2. The van der Waals surface area contributed by atoms with Gasteiger partial charge < -0.3 is 9.72 Å². The molecule has 152 valence electrons. The maximum atomic E-state index is 12.0. The number of methoxy groups -OCH3 is 1. The summed E-state index contributed by atoms with van der Waals surface area (Å²) in [5, 5.41) is 9.39. The molecule has 8 heteroatoms. The van der Waals surface area contributed by atoms with Crippen molar-refractivity contribution < 1.29 is 14.3 Å². The second-order valence-corrected chi connectivity index (χ2v) is 7.88. The number of H-pyrrole nitrogens is 1. The predicted molar refractivity (Wildman–Crippen MR) is 116 cm³/mol. The Kier molecular flexibility index (Phi) is 5.41. The number of thioether (sulfide) groups is 1. The summed E-state index contributed by atoms with van der Waals surface area (Å²) >= 11 is 1.11. The quantitative estimate of drug-likeness (QED) is 0.358. The van der Waals surface area contributed by atoms with Gasteiger partial charge in [0.25, 0.3) is 0 Å². The third kappa shape index (κ3) is 3.61. The van der Waals surface area contributed by atoms with Crippen molar-refractivity contribution >= 4 is 34.2 Å². The first-order chi connectivity index (χ1) is 14.5. The zero-order valence-corrected chi connectivity index (χ0v) is 17.6.